The maximum Gasteiger partial charge on any atom is 0.222 e. The molecule has 0 bridgehead atoms. The van der Waals surface area contributed by atoms with E-state index in [1.165, 1.54) is 12.8 Å². The molecule has 1 saturated carbocycles. The van der Waals surface area contributed by atoms with E-state index in [9.17, 15) is 4.79 Å². The Hall–Kier alpha value is -1.78. The molecule has 5 heteroatoms. The zero-order valence-corrected chi connectivity index (χ0v) is 13.3. The van der Waals surface area contributed by atoms with Crippen LogP contribution in [0.15, 0.2) is 35.8 Å². The van der Waals surface area contributed by atoms with Crippen molar-refractivity contribution in [3.63, 3.8) is 0 Å². The summed E-state index contributed by atoms with van der Waals surface area (Å²) in [5, 5.41) is 2.29. The summed E-state index contributed by atoms with van der Waals surface area (Å²) >= 11 is 7.49. The van der Waals surface area contributed by atoms with E-state index in [2.05, 4.69) is 9.97 Å². The Balaban J connectivity index is 1.74. The molecule has 1 aliphatic carbocycles. The van der Waals surface area contributed by atoms with Crippen molar-refractivity contribution in [1.82, 2.24) is 9.97 Å². The van der Waals surface area contributed by atoms with Gasteiger partial charge in [-0.25, -0.2) is 9.97 Å². The van der Waals surface area contributed by atoms with E-state index >= 15 is 0 Å². The van der Waals surface area contributed by atoms with Crippen molar-refractivity contribution in [3.05, 3.63) is 46.7 Å². The van der Waals surface area contributed by atoms with Gasteiger partial charge in [-0.3, -0.25) is 4.79 Å². The molecule has 0 unspecified atom stereocenters. The van der Waals surface area contributed by atoms with Crippen molar-refractivity contribution in [2.75, 3.05) is 0 Å². The zero-order chi connectivity index (χ0) is 15.1. The highest BCUT2D eigenvalue weighted by atomic mass is 35.5. The molecule has 2 heterocycles. The van der Waals surface area contributed by atoms with E-state index < -0.39 is 0 Å². The van der Waals surface area contributed by atoms with Crippen LogP contribution in [0.4, 0.5) is 0 Å². The number of hydrogen-bond donors (Lipinski definition) is 0. The van der Waals surface area contributed by atoms with E-state index in [1.54, 1.807) is 17.5 Å². The molecule has 0 saturated heterocycles. The van der Waals surface area contributed by atoms with Crippen LogP contribution in [0.3, 0.4) is 0 Å². The maximum absolute atomic E-state index is 12.3. The number of benzene rings is 1. The summed E-state index contributed by atoms with van der Waals surface area (Å²) in [6, 6.07) is 7.79. The first kappa shape index (κ1) is 13.9. The summed E-state index contributed by atoms with van der Waals surface area (Å²) < 4.78 is 0.995. The molecule has 0 spiro atoms. The fraction of sp³-hybridized carbons (Fsp3) is 0.235. The summed E-state index contributed by atoms with van der Waals surface area (Å²) in [7, 11) is 0. The minimum Gasteiger partial charge on any atom is -0.294 e. The van der Waals surface area contributed by atoms with Crippen molar-refractivity contribution in [1.29, 1.82) is 0 Å². The molecule has 0 radical (unpaired) electrons. The summed E-state index contributed by atoms with van der Waals surface area (Å²) in [5.41, 5.74) is 3.63. The van der Waals surface area contributed by atoms with Gasteiger partial charge in [0.1, 0.15) is 0 Å². The molecule has 0 amide bonds. The molecule has 1 fully saturated rings. The molecule has 0 N–H and O–H groups in total. The van der Waals surface area contributed by atoms with Crippen LogP contribution in [0.5, 0.6) is 0 Å². The van der Waals surface area contributed by atoms with Crippen LogP contribution >= 0.6 is 22.9 Å². The Morgan fingerprint density at radius 1 is 1.36 bits per heavy atom. The van der Waals surface area contributed by atoms with Crippen LogP contribution in [-0.2, 0) is 0 Å². The van der Waals surface area contributed by atoms with E-state index in [4.69, 9.17) is 11.6 Å². The minimum absolute atomic E-state index is 0.233. The number of ketones is 1. The largest absolute Gasteiger partial charge is 0.294 e. The van der Waals surface area contributed by atoms with Crippen molar-refractivity contribution in [2.24, 2.45) is 5.92 Å². The predicted molar refractivity (Wildman–Crippen MR) is 89.5 cm³/mol. The van der Waals surface area contributed by atoms with Gasteiger partial charge in [0.2, 0.25) is 5.28 Å². The van der Waals surface area contributed by atoms with Crippen LogP contribution in [0.25, 0.3) is 21.3 Å². The maximum atomic E-state index is 12.3. The number of Topliss-reactive ketones (excluding diaryl/α,β-unsaturated/α-hetero) is 1. The molecular weight excluding hydrogens is 316 g/mol. The van der Waals surface area contributed by atoms with Crippen molar-refractivity contribution in [2.45, 2.75) is 19.3 Å². The molecule has 3 nitrogen and oxygen atoms in total. The van der Waals surface area contributed by atoms with Gasteiger partial charge in [0.05, 0.1) is 10.2 Å². The van der Waals surface area contributed by atoms with Crippen LogP contribution in [0, 0.1) is 5.92 Å². The van der Waals surface area contributed by atoms with E-state index in [-0.39, 0.29) is 11.1 Å². The van der Waals surface area contributed by atoms with Gasteiger partial charge in [0.15, 0.2) is 5.78 Å². The Morgan fingerprint density at radius 3 is 3.05 bits per heavy atom. The summed E-state index contributed by atoms with van der Waals surface area (Å²) in [6.45, 7) is 0. The standard InChI is InChI=1S/C17H13ClN2OS/c18-17-19-8-15-16(20-17)13(9-22-15)11-2-1-3-12(7-11)14(21)6-10-4-5-10/h1-3,7-10H,4-6H2. The zero-order valence-electron chi connectivity index (χ0n) is 11.8. The third-order valence-corrected chi connectivity index (χ3v) is 5.04. The minimum atomic E-state index is 0.233. The lowest BCUT2D eigenvalue weighted by Gasteiger charge is -2.04. The molecule has 110 valence electrons. The lowest BCUT2D eigenvalue weighted by Crippen LogP contribution is -2.00. The Kier molecular flexibility index (Phi) is 3.43. The molecule has 22 heavy (non-hydrogen) atoms. The topological polar surface area (TPSA) is 42.9 Å². The number of hydrogen-bond acceptors (Lipinski definition) is 4. The van der Waals surface area contributed by atoms with Gasteiger partial charge in [-0.15, -0.1) is 11.3 Å². The summed E-state index contributed by atoms with van der Waals surface area (Å²) in [6.07, 6.45) is 4.79. The predicted octanol–water partition coefficient (Wildman–Crippen LogP) is 4.99. The second-order valence-corrected chi connectivity index (χ2v) is 6.90. The van der Waals surface area contributed by atoms with E-state index in [0.717, 1.165) is 26.9 Å². The van der Waals surface area contributed by atoms with Crippen LogP contribution < -0.4 is 0 Å². The van der Waals surface area contributed by atoms with Crippen LogP contribution in [0.2, 0.25) is 5.28 Å². The fourth-order valence-electron chi connectivity index (χ4n) is 2.57. The fourth-order valence-corrected chi connectivity index (χ4v) is 3.58. The summed E-state index contributed by atoms with van der Waals surface area (Å²) in [5.74, 6) is 0.834. The Morgan fingerprint density at radius 2 is 2.23 bits per heavy atom. The normalized spacial score (nSPS) is 14.4. The second-order valence-electron chi connectivity index (χ2n) is 5.65. The first-order chi connectivity index (χ1) is 10.7. The Bertz CT molecular complexity index is 870. The van der Waals surface area contributed by atoms with E-state index in [1.807, 2.05) is 29.6 Å². The van der Waals surface area contributed by atoms with Gasteiger partial charge < -0.3 is 0 Å². The van der Waals surface area contributed by atoms with Crippen molar-refractivity contribution < 1.29 is 4.79 Å². The number of carbonyl (C=O) groups is 1. The van der Waals surface area contributed by atoms with Gasteiger partial charge in [0.25, 0.3) is 0 Å². The van der Waals surface area contributed by atoms with Crippen LogP contribution in [0.1, 0.15) is 29.6 Å². The highest BCUT2D eigenvalue weighted by Crippen LogP contribution is 2.35. The number of carbonyl (C=O) groups excluding carboxylic acids is 1. The SMILES string of the molecule is O=C(CC1CC1)c1cccc(-c2csc3cnc(Cl)nc23)c1. The van der Waals surface area contributed by atoms with Crippen LogP contribution in [-0.4, -0.2) is 15.8 Å². The number of halogens is 1. The first-order valence-corrected chi connectivity index (χ1v) is 8.50. The average Bonchev–Trinajstić information content (AvgIpc) is 3.24. The lowest BCUT2D eigenvalue weighted by atomic mass is 10.0. The second kappa shape index (κ2) is 5.45. The number of thiophene rings is 1. The molecule has 1 aliphatic rings. The average molecular weight is 329 g/mol. The van der Waals surface area contributed by atoms with Gasteiger partial charge in [-0.2, -0.15) is 0 Å². The summed E-state index contributed by atoms with van der Waals surface area (Å²) in [4.78, 5) is 20.6. The van der Waals surface area contributed by atoms with Gasteiger partial charge in [-0.1, -0.05) is 18.2 Å². The number of rotatable bonds is 4. The number of aromatic nitrogens is 2. The molecule has 4 rings (SSSR count). The molecule has 0 aliphatic heterocycles. The van der Waals surface area contributed by atoms with Gasteiger partial charge in [-0.05, 0) is 42.0 Å². The monoisotopic (exact) mass is 328 g/mol. The van der Waals surface area contributed by atoms with Gasteiger partial charge in [0, 0.05) is 29.1 Å². The molecule has 1 aromatic carbocycles. The smallest absolute Gasteiger partial charge is 0.222 e. The molecule has 0 atom stereocenters. The Labute approximate surface area is 137 Å². The highest BCUT2D eigenvalue weighted by molar-refractivity contribution is 7.17. The molecular formula is C17H13ClN2OS. The van der Waals surface area contributed by atoms with Crippen molar-refractivity contribution in [3.8, 4) is 11.1 Å². The molecule has 2 aromatic heterocycles. The van der Waals surface area contributed by atoms with Crippen molar-refractivity contribution >= 4 is 38.9 Å². The third-order valence-electron chi connectivity index (χ3n) is 3.95. The lowest BCUT2D eigenvalue weighted by molar-refractivity contribution is 0.0976. The molecule has 3 aromatic rings. The first-order valence-electron chi connectivity index (χ1n) is 7.24. The highest BCUT2D eigenvalue weighted by Gasteiger charge is 2.25. The number of fused-ring (bicyclic) bond motifs is 1. The number of nitrogens with zero attached hydrogens (tertiary/aromatic N) is 2. The van der Waals surface area contributed by atoms with Gasteiger partial charge >= 0.3 is 0 Å². The third kappa shape index (κ3) is 2.64. The van der Waals surface area contributed by atoms with E-state index in [0.29, 0.717) is 12.3 Å². The quantitative estimate of drug-likeness (QED) is 0.500.